The van der Waals surface area contributed by atoms with E-state index in [1.165, 1.54) is 11.9 Å². The van der Waals surface area contributed by atoms with Gasteiger partial charge in [0.1, 0.15) is 5.70 Å². The maximum absolute atomic E-state index is 12.3. The number of hydroxylamine groups is 1. The monoisotopic (exact) mass is 408 g/mol. The number of carbonyl (C=O) groups is 4. The molecule has 3 rings (SSSR count). The Hall–Kier alpha value is -3.98. The van der Waals surface area contributed by atoms with Crippen LogP contribution in [-0.2, 0) is 16.1 Å². The Kier molecular flexibility index (Phi) is 6.23. The van der Waals surface area contributed by atoms with Crippen molar-refractivity contribution < 1.29 is 24.4 Å². The lowest BCUT2D eigenvalue weighted by Gasteiger charge is -2.25. The minimum atomic E-state index is -0.609. The fourth-order valence-electron chi connectivity index (χ4n) is 2.83. The molecule has 154 valence electrons. The Morgan fingerprint density at radius 3 is 2.27 bits per heavy atom. The van der Waals surface area contributed by atoms with Crippen LogP contribution in [0.5, 0.6) is 0 Å². The highest BCUT2D eigenvalue weighted by Gasteiger charge is 2.25. The van der Waals surface area contributed by atoms with Gasteiger partial charge in [-0.2, -0.15) is 0 Å². The molecule has 0 spiro atoms. The molecule has 2 aromatic rings. The summed E-state index contributed by atoms with van der Waals surface area (Å²) in [5.74, 6) is -1.43. The van der Waals surface area contributed by atoms with Crippen LogP contribution >= 0.6 is 0 Å². The highest BCUT2D eigenvalue weighted by Crippen LogP contribution is 2.14. The highest BCUT2D eigenvalue weighted by molar-refractivity contribution is 6.06. The lowest BCUT2D eigenvalue weighted by Crippen LogP contribution is -2.47. The summed E-state index contributed by atoms with van der Waals surface area (Å²) < 4.78 is 0. The first-order chi connectivity index (χ1) is 14.4. The van der Waals surface area contributed by atoms with E-state index in [0.717, 1.165) is 5.56 Å². The van der Waals surface area contributed by atoms with Crippen molar-refractivity contribution in [1.29, 1.82) is 0 Å². The van der Waals surface area contributed by atoms with Gasteiger partial charge in [-0.1, -0.05) is 24.3 Å². The van der Waals surface area contributed by atoms with E-state index in [2.05, 4.69) is 10.6 Å². The molecule has 9 nitrogen and oxygen atoms in total. The average molecular weight is 408 g/mol. The molecule has 30 heavy (non-hydrogen) atoms. The van der Waals surface area contributed by atoms with E-state index in [9.17, 15) is 19.2 Å². The molecule has 0 saturated carbocycles. The van der Waals surface area contributed by atoms with Gasteiger partial charge in [-0.05, 0) is 41.5 Å². The number of likely N-dealkylation sites (N-methyl/N-ethyl adjacent to an activating group) is 1. The fraction of sp³-hybridized carbons (Fsp3) is 0.143. The quantitative estimate of drug-likeness (QED) is 0.328. The van der Waals surface area contributed by atoms with E-state index in [1.54, 1.807) is 60.1 Å². The number of carbonyl (C=O) groups excluding carboxylic acids is 4. The summed E-state index contributed by atoms with van der Waals surface area (Å²) in [6, 6.07) is 13.0. The minimum absolute atomic E-state index is 0.0247. The number of nitrogens with zero attached hydrogens (tertiary/aromatic N) is 1. The van der Waals surface area contributed by atoms with Gasteiger partial charge in [-0.15, -0.1) is 0 Å². The first-order valence-electron chi connectivity index (χ1n) is 9.07. The number of nitrogens with one attached hydrogen (secondary N) is 3. The van der Waals surface area contributed by atoms with E-state index in [-0.39, 0.29) is 36.5 Å². The summed E-state index contributed by atoms with van der Waals surface area (Å²) in [5, 5.41) is 13.9. The molecule has 4 N–H and O–H groups in total. The molecule has 1 aliphatic heterocycles. The Labute approximate surface area is 172 Å². The van der Waals surface area contributed by atoms with E-state index in [0.29, 0.717) is 16.7 Å². The SMILES string of the molecule is CN1C(=O)CNC(=O)/C1=C/c1ccc(C(=O)NCc2ccc(C(=O)NO)cc2)cc1. The molecule has 0 aliphatic carbocycles. The molecule has 0 radical (unpaired) electrons. The van der Waals surface area contributed by atoms with Crippen LogP contribution in [0.3, 0.4) is 0 Å². The standard InChI is InChI=1S/C21H20N4O5/c1-25-17(21(29)23-12-18(25)26)10-13-2-6-15(7-3-13)19(27)22-11-14-4-8-16(9-5-14)20(28)24-30/h2-10,30H,11-12H2,1H3,(H,22,27)(H,23,29)(H,24,28)/b17-10-. The van der Waals surface area contributed by atoms with Crippen molar-refractivity contribution >= 4 is 29.7 Å². The van der Waals surface area contributed by atoms with Gasteiger partial charge in [-0.25, -0.2) is 5.48 Å². The van der Waals surface area contributed by atoms with Crippen LogP contribution in [-0.4, -0.2) is 47.3 Å². The molecule has 4 amide bonds. The van der Waals surface area contributed by atoms with Crippen LogP contribution in [0.1, 0.15) is 31.8 Å². The number of rotatable bonds is 5. The molecule has 1 saturated heterocycles. The van der Waals surface area contributed by atoms with Crippen molar-refractivity contribution in [2.24, 2.45) is 0 Å². The largest absolute Gasteiger partial charge is 0.348 e. The zero-order valence-electron chi connectivity index (χ0n) is 16.1. The summed E-state index contributed by atoms with van der Waals surface area (Å²) in [6.45, 7) is 0.238. The van der Waals surface area contributed by atoms with Gasteiger partial charge in [0.25, 0.3) is 17.7 Å². The van der Waals surface area contributed by atoms with Crippen molar-refractivity contribution in [2.45, 2.75) is 6.54 Å². The van der Waals surface area contributed by atoms with Gasteiger partial charge in [0.15, 0.2) is 0 Å². The first kappa shape index (κ1) is 20.7. The third-order valence-corrected chi connectivity index (χ3v) is 4.62. The van der Waals surface area contributed by atoms with Crippen molar-refractivity contribution in [3.05, 3.63) is 76.5 Å². The third kappa shape index (κ3) is 4.70. The molecule has 0 unspecified atom stereocenters. The second-order valence-corrected chi connectivity index (χ2v) is 6.61. The molecule has 0 bridgehead atoms. The molecule has 0 atom stereocenters. The predicted octanol–water partition coefficient (Wildman–Crippen LogP) is 0.665. The smallest absolute Gasteiger partial charge is 0.274 e. The number of amides is 4. The van der Waals surface area contributed by atoms with Crippen LogP contribution < -0.4 is 16.1 Å². The normalized spacial score (nSPS) is 15.0. The van der Waals surface area contributed by atoms with Crippen LogP contribution in [0.4, 0.5) is 0 Å². The Bertz CT molecular complexity index is 1010. The number of piperazine rings is 1. The van der Waals surface area contributed by atoms with Gasteiger partial charge in [0.2, 0.25) is 5.91 Å². The fourth-order valence-corrected chi connectivity index (χ4v) is 2.83. The summed E-state index contributed by atoms with van der Waals surface area (Å²) in [4.78, 5) is 48.6. The molecule has 1 aliphatic rings. The van der Waals surface area contributed by atoms with Crippen LogP contribution in [0.15, 0.2) is 54.2 Å². The minimum Gasteiger partial charge on any atom is -0.348 e. The van der Waals surface area contributed by atoms with Gasteiger partial charge < -0.3 is 15.5 Å². The van der Waals surface area contributed by atoms with Gasteiger partial charge >= 0.3 is 0 Å². The van der Waals surface area contributed by atoms with E-state index < -0.39 is 5.91 Å². The van der Waals surface area contributed by atoms with Crippen LogP contribution in [0.2, 0.25) is 0 Å². The van der Waals surface area contributed by atoms with E-state index in [1.807, 2.05) is 0 Å². The van der Waals surface area contributed by atoms with Gasteiger partial charge in [0, 0.05) is 24.7 Å². The van der Waals surface area contributed by atoms with E-state index >= 15 is 0 Å². The summed E-state index contributed by atoms with van der Waals surface area (Å²) in [5.41, 5.74) is 4.00. The Balaban J connectivity index is 1.62. The topological polar surface area (TPSA) is 128 Å². The maximum atomic E-state index is 12.3. The molecule has 0 aromatic heterocycles. The molecule has 1 fully saturated rings. The molecular formula is C21H20N4O5. The average Bonchev–Trinajstić information content (AvgIpc) is 2.78. The van der Waals surface area contributed by atoms with Gasteiger partial charge in [0.05, 0.1) is 6.54 Å². The Morgan fingerprint density at radius 1 is 1.03 bits per heavy atom. The zero-order chi connectivity index (χ0) is 21.7. The lowest BCUT2D eigenvalue weighted by atomic mass is 10.1. The maximum Gasteiger partial charge on any atom is 0.274 e. The highest BCUT2D eigenvalue weighted by atomic mass is 16.5. The van der Waals surface area contributed by atoms with Gasteiger partial charge in [-0.3, -0.25) is 24.4 Å². The summed E-state index contributed by atoms with van der Waals surface area (Å²) >= 11 is 0. The van der Waals surface area contributed by atoms with Crippen LogP contribution in [0.25, 0.3) is 6.08 Å². The van der Waals surface area contributed by atoms with Crippen molar-refractivity contribution in [2.75, 3.05) is 13.6 Å². The second kappa shape index (κ2) is 9.01. The van der Waals surface area contributed by atoms with Crippen molar-refractivity contribution in [1.82, 2.24) is 21.0 Å². The third-order valence-electron chi connectivity index (χ3n) is 4.62. The molecule has 9 heteroatoms. The lowest BCUT2D eigenvalue weighted by molar-refractivity contribution is -0.135. The Morgan fingerprint density at radius 2 is 1.63 bits per heavy atom. The number of hydrogen-bond acceptors (Lipinski definition) is 5. The van der Waals surface area contributed by atoms with Crippen LogP contribution in [0, 0.1) is 0 Å². The first-order valence-corrected chi connectivity index (χ1v) is 9.07. The zero-order valence-corrected chi connectivity index (χ0v) is 16.1. The number of benzene rings is 2. The molecular weight excluding hydrogens is 388 g/mol. The summed E-state index contributed by atoms with van der Waals surface area (Å²) in [7, 11) is 1.54. The van der Waals surface area contributed by atoms with Crippen molar-refractivity contribution in [3.63, 3.8) is 0 Å². The summed E-state index contributed by atoms with van der Waals surface area (Å²) in [6.07, 6.45) is 1.58. The second-order valence-electron chi connectivity index (χ2n) is 6.61. The molecule has 1 heterocycles. The number of hydrogen-bond donors (Lipinski definition) is 4. The molecule has 2 aromatic carbocycles. The van der Waals surface area contributed by atoms with Crippen molar-refractivity contribution in [3.8, 4) is 0 Å². The predicted molar refractivity (Wildman–Crippen MR) is 107 cm³/mol. The van der Waals surface area contributed by atoms with E-state index in [4.69, 9.17) is 5.21 Å².